The molecule has 2 heterocycles. The maximum Gasteiger partial charge on any atom is 0.227 e. The molecule has 0 radical (unpaired) electrons. The highest BCUT2D eigenvalue weighted by Gasteiger charge is 2.36. The van der Waals surface area contributed by atoms with Crippen molar-refractivity contribution in [2.45, 2.75) is 38.3 Å². The summed E-state index contributed by atoms with van der Waals surface area (Å²) < 4.78 is 0. The van der Waals surface area contributed by atoms with E-state index in [0.717, 1.165) is 19.4 Å². The number of benzene rings is 1. The summed E-state index contributed by atoms with van der Waals surface area (Å²) >= 11 is 12.0. The third-order valence-corrected chi connectivity index (χ3v) is 5.06. The van der Waals surface area contributed by atoms with E-state index in [1.165, 1.54) is 0 Å². The first-order valence-electron chi connectivity index (χ1n) is 8.22. The number of hydrogen-bond donors (Lipinski definition) is 2. The van der Waals surface area contributed by atoms with Crippen molar-refractivity contribution in [2.75, 3.05) is 18.0 Å². The van der Waals surface area contributed by atoms with Crippen LogP contribution in [0.2, 0.25) is 10.0 Å². The number of amides is 2. The van der Waals surface area contributed by atoms with Gasteiger partial charge in [-0.15, -0.1) is 0 Å². The first-order valence-corrected chi connectivity index (χ1v) is 8.98. The molecule has 2 N–H and O–H groups in total. The van der Waals surface area contributed by atoms with E-state index in [1.54, 1.807) is 23.1 Å². The summed E-state index contributed by atoms with van der Waals surface area (Å²) in [6.45, 7) is 3.38. The molecule has 2 amide bonds. The molecule has 1 aromatic carbocycles. The smallest absolute Gasteiger partial charge is 0.227 e. The molecular formula is C17H21Cl2N3O2. The Bertz CT molecular complexity index is 632. The van der Waals surface area contributed by atoms with Gasteiger partial charge in [-0.3, -0.25) is 9.59 Å². The van der Waals surface area contributed by atoms with E-state index in [4.69, 9.17) is 23.2 Å². The zero-order valence-electron chi connectivity index (χ0n) is 13.5. The average molecular weight is 370 g/mol. The zero-order chi connectivity index (χ0) is 17.3. The van der Waals surface area contributed by atoms with E-state index < -0.39 is 0 Å². The van der Waals surface area contributed by atoms with E-state index in [2.05, 4.69) is 17.6 Å². The predicted molar refractivity (Wildman–Crippen MR) is 95.6 cm³/mol. The quantitative estimate of drug-likeness (QED) is 0.860. The van der Waals surface area contributed by atoms with Crippen molar-refractivity contribution in [3.05, 3.63) is 28.2 Å². The Morgan fingerprint density at radius 3 is 2.67 bits per heavy atom. The molecule has 3 atom stereocenters. The second-order valence-corrected chi connectivity index (χ2v) is 7.49. The molecule has 0 bridgehead atoms. The van der Waals surface area contributed by atoms with Gasteiger partial charge in [0.25, 0.3) is 0 Å². The third-order valence-electron chi connectivity index (χ3n) is 4.62. The number of rotatable bonds is 3. The van der Waals surface area contributed by atoms with Crippen molar-refractivity contribution < 1.29 is 9.59 Å². The van der Waals surface area contributed by atoms with Gasteiger partial charge in [0.15, 0.2) is 0 Å². The molecule has 2 fully saturated rings. The van der Waals surface area contributed by atoms with Crippen LogP contribution in [0.5, 0.6) is 0 Å². The molecule has 130 valence electrons. The van der Waals surface area contributed by atoms with E-state index >= 15 is 0 Å². The summed E-state index contributed by atoms with van der Waals surface area (Å²) in [5, 5.41) is 7.41. The highest BCUT2D eigenvalue weighted by molar-refractivity contribution is 6.35. The zero-order valence-corrected chi connectivity index (χ0v) is 15.0. The Labute approximate surface area is 151 Å². The van der Waals surface area contributed by atoms with Gasteiger partial charge >= 0.3 is 0 Å². The molecule has 1 aromatic rings. The second kappa shape index (κ2) is 7.30. The molecule has 0 aliphatic carbocycles. The van der Waals surface area contributed by atoms with Crippen LogP contribution < -0.4 is 15.5 Å². The molecule has 0 saturated carbocycles. The SMILES string of the molecule is CC1CC(NC(=O)C2CC(=O)N(c3cc(Cl)cc(Cl)c3)C2)CCN1. The fourth-order valence-corrected chi connectivity index (χ4v) is 3.92. The normalized spacial score (nSPS) is 27.4. The van der Waals surface area contributed by atoms with Crippen molar-refractivity contribution in [1.82, 2.24) is 10.6 Å². The Morgan fingerprint density at radius 2 is 2.00 bits per heavy atom. The van der Waals surface area contributed by atoms with Gasteiger partial charge in [-0.25, -0.2) is 0 Å². The third kappa shape index (κ3) is 4.02. The average Bonchev–Trinajstić information content (AvgIpc) is 2.88. The van der Waals surface area contributed by atoms with Crippen LogP contribution in [0.1, 0.15) is 26.2 Å². The van der Waals surface area contributed by atoms with Crippen molar-refractivity contribution in [3.8, 4) is 0 Å². The van der Waals surface area contributed by atoms with E-state index in [9.17, 15) is 9.59 Å². The lowest BCUT2D eigenvalue weighted by molar-refractivity contribution is -0.127. The summed E-state index contributed by atoms with van der Waals surface area (Å²) in [5.74, 6) is -0.453. The van der Waals surface area contributed by atoms with Gasteiger partial charge in [-0.1, -0.05) is 23.2 Å². The summed E-state index contributed by atoms with van der Waals surface area (Å²) in [7, 11) is 0. The number of piperidine rings is 1. The largest absolute Gasteiger partial charge is 0.353 e. The Morgan fingerprint density at radius 1 is 1.29 bits per heavy atom. The summed E-state index contributed by atoms with van der Waals surface area (Å²) in [6, 6.07) is 5.59. The van der Waals surface area contributed by atoms with Crippen LogP contribution in [0.3, 0.4) is 0 Å². The molecule has 24 heavy (non-hydrogen) atoms. The van der Waals surface area contributed by atoms with Crippen molar-refractivity contribution in [3.63, 3.8) is 0 Å². The molecular weight excluding hydrogens is 349 g/mol. The van der Waals surface area contributed by atoms with Gasteiger partial charge in [-0.2, -0.15) is 0 Å². The number of carbonyl (C=O) groups is 2. The van der Waals surface area contributed by atoms with Gasteiger partial charge in [0.2, 0.25) is 11.8 Å². The van der Waals surface area contributed by atoms with Gasteiger partial charge in [0.05, 0.1) is 5.92 Å². The minimum Gasteiger partial charge on any atom is -0.353 e. The van der Waals surface area contributed by atoms with E-state index in [1.807, 2.05) is 0 Å². The predicted octanol–water partition coefficient (Wildman–Crippen LogP) is 2.60. The van der Waals surface area contributed by atoms with Crippen LogP contribution in [0, 0.1) is 5.92 Å². The lowest BCUT2D eigenvalue weighted by Crippen LogP contribution is -2.48. The van der Waals surface area contributed by atoms with E-state index in [-0.39, 0.29) is 30.2 Å². The second-order valence-electron chi connectivity index (χ2n) is 6.62. The highest BCUT2D eigenvalue weighted by Crippen LogP contribution is 2.30. The fraction of sp³-hybridized carbons (Fsp3) is 0.529. The molecule has 7 heteroatoms. The molecule has 2 aliphatic rings. The number of nitrogens with one attached hydrogen (secondary N) is 2. The molecule has 0 aromatic heterocycles. The number of nitrogens with zero attached hydrogens (tertiary/aromatic N) is 1. The van der Waals surface area contributed by atoms with Crippen LogP contribution in [-0.4, -0.2) is 37.0 Å². The van der Waals surface area contributed by atoms with Crippen LogP contribution in [-0.2, 0) is 9.59 Å². The van der Waals surface area contributed by atoms with Crippen molar-refractivity contribution in [1.29, 1.82) is 0 Å². The van der Waals surface area contributed by atoms with Gasteiger partial charge in [0.1, 0.15) is 0 Å². The molecule has 2 aliphatic heterocycles. The van der Waals surface area contributed by atoms with Crippen LogP contribution >= 0.6 is 23.2 Å². The minimum atomic E-state index is -0.333. The Balaban J connectivity index is 1.64. The molecule has 0 spiro atoms. The first kappa shape index (κ1) is 17.5. The van der Waals surface area contributed by atoms with Gasteiger partial charge in [0, 0.05) is 40.8 Å². The van der Waals surface area contributed by atoms with Crippen LogP contribution in [0.25, 0.3) is 0 Å². The maximum absolute atomic E-state index is 12.5. The monoisotopic (exact) mass is 369 g/mol. The number of halogens is 2. The molecule has 3 rings (SSSR count). The fourth-order valence-electron chi connectivity index (χ4n) is 3.41. The van der Waals surface area contributed by atoms with Gasteiger partial charge < -0.3 is 15.5 Å². The Kier molecular flexibility index (Phi) is 5.33. The van der Waals surface area contributed by atoms with Crippen LogP contribution in [0.4, 0.5) is 5.69 Å². The van der Waals surface area contributed by atoms with Gasteiger partial charge in [-0.05, 0) is 44.5 Å². The molecule has 3 unspecified atom stereocenters. The number of hydrogen-bond acceptors (Lipinski definition) is 3. The summed E-state index contributed by atoms with van der Waals surface area (Å²) in [6.07, 6.45) is 2.06. The van der Waals surface area contributed by atoms with Crippen molar-refractivity contribution >= 4 is 40.7 Å². The summed E-state index contributed by atoms with van der Waals surface area (Å²) in [5.41, 5.74) is 0.642. The number of anilines is 1. The lowest BCUT2D eigenvalue weighted by atomic mass is 9.99. The standard InChI is InChI=1S/C17H21Cl2N3O2/c1-10-4-14(2-3-20-10)21-17(24)11-5-16(23)22(9-11)15-7-12(18)6-13(19)8-15/h6-8,10-11,14,20H,2-5,9H2,1H3,(H,21,24). The van der Waals surface area contributed by atoms with Crippen molar-refractivity contribution in [2.24, 2.45) is 5.92 Å². The summed E-state index contributed by atoms with van der Waals surface area (Å²) in [4.78, 5) is 26.4. The molecule has 5 nitrogen and oxygen atoms in total. The Hall–Kier alpha value is -1.30. The van der Waals surface area contributed by atoms with Crippen LogP contribution in [0.15, 0.2) is 18.2 Å². The molecule has 2 saturated heterocycles. The highest BCUT2D eigenvalue weighted by atomic mass is 35.5. The first-order chi connectivity index (χ1) is 11.4. The lowest BCUT2D eigenvalue weighted by Gasteiger charge is -2.29. The topological polar surface area (TPSA) is 61.4 Å². The minimum absolute atomic E-state index is 0.0434. The maximum atomic E-state index is 12.5. The number of carbonyl (C=O) groups excluding carboxylic acids is 2. The van der Waals surface area contributed by atoms with E-state index in [0.29, 0.717) is 28.3 Å².